The maximum atomic E-state index is 12.7. The van der Waals surface area contributed by atoms with E-state index >= 15 is 0 Å². The van der Waals surface area contributed by atoms with Gasteiger partial charge in [0, 0.05) is 28.1 Å². The molecule has 3 amide bonds. The topological polar surface area (TPSA) is 186 Å². The van der Waals surface area contributed by atoms with E-state index in [0.29, 0.717) is 32.5 Å². The number of ether oxygens (including phenoxy) is 1. The van der Waals surface area contributed by atoms with Crippen LogP contribution < -0.4 is 21.9 Å². The summed E-state index contributed by atoms with van der Waals surface area (Å²) in [5.74, 6) is 0. The number of imidazole rings is 1. The second kappa shape index (κ2) is 16.1. The summed E-state index contributed by atoms with van der Waals surface area (Å²) >= 11 is 11.9. The van der Waals surface area contributed by atoms with E-state index in [9.17, 15) is 31.2 Å². The maximum absolute atomic E-state index is 12.7. The van der Waals surface area contributed by atoms with Crippen LogP contribution in [0, 0.1) is 13.8 Å². The van der Waals surface area contributed by atoms with E-state index in [2.05, 4.69) is 21.2 Å². The normalized spacial score (nSPS) is 11.5. The molecule has 0 radical (unpaired) electrons. The third-order valence-electron chi connectivity index (χ3n) is 7.05. The van der Waals surface area contributed by atoms with Crippen LogP contribution in [0.1, 0.15) is 31.9 Å². The predicted octanol–water partition coefficient (Wildman–Crippen LogP) is 7.00. The van der Waals surface area contributed by atoms with Crippen molar-refractivity contribution >= 4 is 60.7 Å². The molecule has 0 aliphatic carbocycles. The lowest BCUT2D eigenvalue weighted by atomic mass is 10.2. The summed E-state index contributed by atoms with van der Waals surface area (Å²) in [6.07, 6.45) is 2.28. The fourth-order valence-electron chi connectivity index (χ4n) is 4.44. The Hall–Kier alpha value is -5.09. The Balaban J connectivity index is 0.000000238. The van der Waals surface area contributed by atoms with Crippen molar-refractivity contribution < 1.29 is 31.2 Å². The van der Waals surface area contributed by atoms with E-state index in [1.54, 1.807) is 65.1 Å². The summed E-state index contributed by atoms with van der Waals surface area (Å²) in [6.45, 7) is 8.54. The third kappa shape index (κ3) is 10.0. The number of rotatable bonds is 6. The van der Waals surface area contributed by atoms with Crippen LogP contribution in [0.2, 0.25) is 10.0 Å². The van der Waals surface area contributed by atoms with Gasteiger partial charge in [-0.05, 0) is 131 Å². The van der Waals surface area contributed by atoms with Gasteiger partial charge in [-0.15, -0.1) is 0 Å². The highest BCUT2D eigenvalue weighted by atomic mass is 35.5. The molecule has 0 atom stereocenters. The average molecular weight is 789 g/mol. The van der Waals surface area contributed by atoms with Gasteiger partial charge in [-0.25, -0.2) is 42.1 Å². The molecule has 0 spiro atoms. The molecule has 5 aromatic rings. The van der Waals surface area contributed by atoms with Gasteiger partial charge in [0.25, 0.3) is 0 Å². The maximum Gasteiger partial charge on any atom is 0.426 e. The number of carbonyl (C=O) groups excluding carboxylic acids is 2. The number of hydrogen-bond donors (Lipinski definition) is 4. The van der Waals surface area contributed by atoms with Crippen molar-refractivity contribution in [1.82, 2.24) is 20.4 Å². The lowest BCUT2D eigenvalue weighted by molar-refractivity contribution is 0.0506. The first-order chi connectivity index (χ1) is 24.3. The molecule has 0 aliphatic rings. The minimum absolute atomic E-state index is 0.0667. The van der Waals surface area contributed by atoms with Crippen molar-refractivity contribution in [3.63, 3.8) is 0 Å². The van der Waals surface area contributed by atoms with Crippen molar-refractivity contribution in [3.8, 4) is 5.69 Å². The Morgan fingerprint density at radius 2 is 1.17 bits per heavy atom. The number of H-pyrrole nitrogens is 1. The second-order valence-corrected chi connectivity index (χ2v) is 16.9. The number of urea groups is 1. The van der Waals surface area contributed by atoms with Gasteiger partial charge < -0.3 is 15.0 Å². The number of amides is 3. The number of anilines is 1. The Labute approximate surface area is 310 Å². The zero-order valence-electron chi connectivity index (χ0n) is 28.5. The molecule has 0 bridgehead atoms. The lowest BCUT2D eigenvalue weighted by Gasteiger charge is -2.19. The summed E-state index contributed by atoms with van der Waals surface area (Å²) < 4.78 is 57.1. The van der Waals surface area contributed by atoms with Crippen LogP contribution in [-0.2, 0) is 24.4 Å². The number of hydrogen-bond acceptors (Lipinski definition) is 8. The van der Waals surface area contributed by atoms with Crippen molar-refractivity contribution in [2.45, 2.75) is 59.8 Å². The van der Waals surface area contributed by atoms with E-state index < -0.39 is 37.4 Å². The first-order valence-corrected chi connectivity index (χ1v) is 19.1. The zero-order chi connectivity index (χ0) is 38.4. The molecule has 0 saturated heterocycles. The minimum atomic E-state index is -3.72. The lowest BCUT2D eigenvalue weighted by Crippen LogP contribution is -2.46. The van der Waals surface area contributed by atoms with Crippen molar-refractivity contribution in [2.24, 2.45) is 0 Å². The van der Waals surface area contributed by atoms with E-state index in [4.69, 9.17) is 27.9 Å². The molecule has 274 valence electrons. The fraction of sp³-hybridized carbons (Fsp3) is 0.171. The first-order valence-electron chi connectivity index (χ1n) is 15.3. The highest BCUT2D eigenvalue weighted by Gasteiger charge is 2.20. The molecule has 0 saturated carbocycles. The Bertz CT molecular complexity index is 2370. The molecule has 5 rings (SSSR count). The molecular weight excluding hydrogens is 753 g/mol. The SMILES string of the molecule is Cc1cc(S(=O)(=O)c2ccc(-n3cc[nH]c3=O)cc2)ccc1Cl.Cc1cc(S(=O)(=O)c2ccc(NC(=O)NNC(=O)OC(C)(C)C)cc2)ccc1Cl. The molecule has 0 fully saturated rings. The summed E-state index contributed by atoms with van der Waals surface area (Å²) in [7, 11) is -7.35. The standard InChI is InChI=1S/C19H22ClN3O5S.C16H13ClN2O3S/c1-12-11-15(9-10-16(12)20)29(26,27)14-7-5-13(6-8-14)21-17(24)22-23-18(25)28-19(2,3)4;1-11-10-14(6-7-15(11)17)23(21,22)13-4-2-12(3-5-13)19-9-8-18-16(19)20/h5-11H,1-4H3,(H,23,25)(H2,21,22,24);2-10H,1H3,(H,18,20). The Morgan fingerprint density at radius 1 is 0.712 bits per heavy atom. The van der Waals surface area contributed by atoms with Crippen LogP contribution in [0.25, 0.3) is 5.69 Å². The number of halogens is 2. The van der Waals surface area contributed by atoms with Gasteiger partial charge in [0.05, 0.1) is 25.3 Å². The molecule has 13 nitrogen and oxygen atoms in total. The predicted molar refractivity (Wildman–Crippen MR) is 198 cm³/mol. The minimum Gasteiger partial charge on any atom is -0.443 e. The van der Waals surface area contributed by atoms with Crippen LogP contribution in [0.4, 0.5) is 15.3 Å². The fourth-order valence-corrected chi connectivity index (χ4v) is 7.37. The molecular formula is C35H35Cl2N5O8S2. The summed E-state index contributed by atoms with van der Waals surface area (Å²) in [6, 6.07) is 20.1. The van der Waals surface area contributed by atoms with Gasteiger partial charge in [-0.2, -0.15) is 0 Å². The van der Waals surface area contributed by atoms with E-state index in [0.717, 1.165) is 0 Å². The van der Waals surface area contributed by atoms with Crippen molar-refractivity contribution in [1.29, 1.82) is 0 Å². The number of aromatic nitrogens is 2. The number of carbonyl (C=O) groups is 2. The summed E-state index contributed by atoms with van der Waals surface area (Å²) in [5, 5.41) is 3.46. The highest BCUT2D eigenvalue weighted by molar-refractivity contribution is 7.91. The molecule has 1 aromatic heterocycles. The van der Waals surface area contributed by atoms with E-state index in [1.165, 1.54) is 71.4 Å². The monoisotopic (exact) mass is 787 g/mol. The first kappa shape index (κ1) is 39.7. The van der Waals surface area contributed by atoms with Gasteiger partial charge in [0.15, 0.2) is 0 Å². The smallest absolute Gasteiger partial charge is 0.426 e. The largest absolute Gasteiger partial charge is 0.443 e. The third-order valence-corrected chi connectivity index (χ3v) is 11.4. The number of nitrogens with one attached hydrogen (secondary N) is 4. The average Bonchev–Trinajstić information content (AvgIpc) is 3.51. The van der Waals surface area contributed by atoms with Crippen LogP contribution in [0.5, 0.6) is 0 Å². The number of hydrazine groups is 1. The number of aromatic amines is 1. The van der Waals surface area contributed by atoms with Gasteiger partial charge in [-0.3, -0.25) is 4.57 Å². The number of sulfone groups is 2. The van der Waals surface area contributed by atoms with Crippen LogP contribution in [0.3, 0.4) is 0 Å². The molecule has 52 heavy (non-hydrogen) atoms. The molecule has 4 aromatic carbocycles. The summed E-state index contributed by atoms with van der Waals surface area (Å²) in [4.78, 5) is 38.0. The number of aryl methyl sites for hydroxylation is 2. The van der Waals surface area contributed by atoms with E-state index in [-0.39, 0.29) is 25.3 Å². The molecule has 4 N–H and O–H groups in total. The van der Waals surface area contributed by atoms with Gasteiger partial charge in [0.2, 0.25) is 19.7 Å². The molecule has 17 heteroatoms. The molecule has 0 aliphatic heterocycles. The van der Waals surface area contributed by atoms with Crippen LogP contribution in [0.15, 0.2) is 122 Å². The van der Waals surface area contributed by atoms with Gasteiger partial charge in [-0.1, -0.05) is 23.2 Å². The Kier molecular flexibility index (Phi) is 12.3. The number of benzene rings is 4. The van der Waals surface area contributed by atoms with Gasteiger partial charge >= 0.3 is 17.8 Å². The van der Waals surface area contributed by atoms with Crippen molar-refractivity contribution in [3.05, 3.63) is 129 Å². The molecule has 0 unspecified atom stereocenters. The quantitative estimate of drug-likeness (QED) is 0.133. The Morgan fingerprint density at radius 3 is 1.60 bits per heavy atom. The highest BCUT2D eigenvalue weighted by Crippen LogP contribution is 2.27. The molecule has 1 heterocycles. The number of nitrogens with zero attached hydrogens (tertiary/aromatic N) is 1. The van der Waals surface area contributed by atoms with Crippen LogP contribution >= 0.6 is 23.2 Å². The van der Waals surface area contributed by atoms with Crippen molar-refractivity contribution in [2.75, 3.05) is 5.32 Å². The van der Waals surface area contributed by atoms with Crippen LogP contribution in [-0.4, -0.2) is 44.1 Å². The zero-order valence-corrected chi connectivity index (χ0v) is 31.7. The summed E-state index contributed by atoms with van der Waals surface area (Å²) in [5.41, 5.74) is 5.51. The second-order valence-electron chi connectivity index (χ2n) is 12.2. The van der Waals surface area contributed by atoms with Gasteiger partial charge in [0.1, 0.15) is 5.60 Å². The van der Waals surface area contributed by atoms with E-state index in [1.807, 2.05) is 0 Å².